The summed E-state index contributed by atoms with van der Waals surface area (Å²) >= 11 is 3.01. The zero-order valence-corrected chi connectivity index (χ0v) is 18.1. The number of rotatable bonds is 8. The van der Waals surface area contributed by atoms with E-state index in [0.717, 1.165) is 10.6 Å². The highest BCUT2D eigenvalue weighted by atomic mass is 32.2. The first-order chi connectivity index (χ1) is 14.4. The van der Waals surface area contributed by atoms with E-state index in [1.807, 2.05) is 17.5 Å². The van der Waals surface area contributed by atoms with E-state index in [0.29, 0.717) is 22.6 Å². The number of thioether (sulfide) groups is 1. The lowest BCUT2D eigenvalue weighted by atomic mass is 10.1. The quantitative estimate of drug-likeness (QED) is 0.307. The van der Waals surface area contributed by atoms with Gasteiger partial charge in [0.05, 0.1) is 16.8 Å². The topological polar surface area (TPSA) is 85.4 Å². The lowest BCUT2D eigenvalue weighted by molar-refractivity contribution is -0.123. The van der Waals surface area contributed by atoms with Crippen molar-refractivity contribution in [2.45, 2.75) is 30.6 Å². The van der Waals surface area contributed by atoms with Crippen LogP contribution in [0.1, 0.15) is 40.3 Å². The first-order valence-electron chi connectivity index (χ1n) is 9.16. The molecule has 1 amide bonds. The maximum absolute atomic E-state index is 12.6. The van der Waals surface area contributed by atoms with Gasteiger partial charge < -0.3 is 10.1 Å². The van der Waals surface area contributed by atoms with Crippen molar-refractivity contribution in [3.8, 4) is 0 Å². The minimum Gasteiger partial charge on any atom is -0.449 e. The monoisotopic (exact) mass is 440 g/mol. The highest BCUT2D eigenvalue weighted by molar-refractivity contribution is 7.98. The number of nitrogens with one attached hydrogen (secondary N) is 1. The number of aromatic nitrogens is 1. The van der Waals surface area contributed by atoms with Crippen molar-refractivity contribution >= 4 is 46.4 Å². The normalized spacial score (nSPS) is 11.5. The van der Waals surface area contributed by atoms with Gasteiger partial charge in [-0.15, -0.1) is 23.1 Å². The number of carbonyl (C=O) groups is 3. The Labute approximate surface area is 182 Å². The van der Waals surface area contributed by atoms with Gasteiger partial charge in [0, 0.05) is 27.3 Å². The van der Waals surface area contributed by atoms with Crippen LogP contribution in [-0.2, 0) is 15.3 Å². The number of carbonyl (C=O) groups excluding carboxylic acids is 3. The van der Waals surface area contributed by atoms with Gasteiger partial charge in [-0.25, -0.2) is 9.78 Å². The van der Waals surface area contributed by atoms with Crippen LogP contribution in [0.5, 0.6) is 0 Å². The Kier molecular flexibility index (Phi) is 7.37. The maximum atomic E-state index is 12.6. The summed E-state index contributed by atoms with van der Waals surface area (Å²) in [6.07, 6.45) is -0.985. The smallest absolute Gasteiger partial charge is 0.340 e. The molecule has 0 bridgehead atoms. The van der Waals surface area contributed by atoms with Gasteiger partial charge >= 0.3 is 5.97 Å². The summed E-state index contributed by atoms with van der Waals surface area (Å²) in [5.41, 5.74) is 4.19. The van der Waals surface area contributed by atoms with E-state index in [-0.39, 0.29) is 5.78 Å². The number of nitrogens with zero attached hydrogens (tertiary/aromatic N) is 1. The molecule has 2 aromatic carbocycles. The molecule has 0 fully saturated rings. The maximum Gasteiger partial charge on any atom is 0.340 e. The lowest BCUT2D eigenvalue weighted by Gasteiger charge is -2.15. The second kappa shape index (κ2) is 10.2. The Morgan fingerprint density at radius 2 is 1.87 bits per heavy atom. The second-order valence-electron chi connectivity index (χ2n) is 6.43. The number of hydrogen-bond donors (Lipinski definition) is 1. The summed E-state index contributed by atoms with van der Waals surface area (Å²) in [4.78, 5) is 41.4. The van der Waals surface area contributed by atoms with Crippen molar-refractivity contribution < 1.29 is 19.1 Å². The lowest BCUT2D eigenvalue weighted by Crippen LogP contribution is -2.30. The first-order valence-corrected chi connectivity index (χ1v) is 11.1. The molecule has 0 aliphatic rings. The van der Waals surface area contributed by atoms with E-state index < -0.39 is 18.0 Å². The number of Topliss-reactive ketones (excluding diaryl/α,β-unsaturated/α-hetero) is 1. The van der Waals surface area contributed by atoms with E-state index in [1.165, 1.54) is 36.9 Å². The molecule has 6 nitrogen and oxygen atoms in total. The van der Waals surface area contributed by atoms with Crippen molar-refractivity contribution in [3.63, 3.8) is 0 Å². The highest BCUT2D eigenvalue weighted by Crippen LogP contribution is 2.27. The third-order valence-corrected chi connectivity index (χ3v) is 5.92. The molecule has 1 heterocycles. The van der Waals surface area contributed by atoms with Crippen molar-refractivity contribution in [1.82, 2.24) is 4.98 Å². The van der Waals surface area contributed by atoms with Crippen LogP contribution in [0.15, 0.2) is 64.3 Å². The molecular formula is C22H20N2O4S2. The third-order valence-electron chi connectivity index (χ3n) is 4.18. The number of ether oxygens (including phenoxy) is 1. The highest BCUT2D eigenvalue weighted by Gasteiger charge is 2.21. The Hall–Kier alpha value is -2.97. The third kappa shape index (κ3) is 5.77. The number of amides is 1. The Bertz CT molecular complexity index is 1030. The molecule has 154 valence electrons. The number of benzene rings is 2. The number of ketones is 1. The van der Waals surface area contributed by atoms with Crippen molar-refractivity contribution in [2.75, 3.05) is 5.32 Å². The predicted molar refractivity (Wildman–Crippen MR) is 118 cm³/mol. The Balaban J connectivity index is 1.60. The number of hydrogen-bond acceptors (Lipinski definition) is 7. The molecule has 1 N–H and O–H groups in total. The minimum atomic E-state index is -0.985. The second-order valence-corrected chi connectivity index (χ2v) is 8.17. The fraction of sp³-hybridized carbons (Fsp3) is 0.182. The van der Waals surface area contributed by atoms with Crippen LogP contribution in [-0.4, -0.2) is 28.7 Å². The molecule has 0 spiro atoms. The Morgan fingerprint density at radius 3 is 2.53 bits per heavy atom. The van der Waals surface area contributed by atoms with Crippen LogP contribution < -0.4 is 5.32 Å². The zero-order chi connectivity index (χ0) is 21.5. The van der Waals surface area contributed by atoms with Crippen molar-refractivity contribution in [2.24, 2.45) is 0 Å². The molecule has 30 heavy (non-hydrogen) atoms. The zero-order valence-electron chi connectivity index (χ0n) is 16.5. The predicted octanol–water partition coefficient (Wildman–Crippen LogP) is 4.82. The van der Waals surface area contributed by atoms with E-state index in [4.69, 9.17) is 4.74 Å². The molecule has 3 aromatic rings. The number of thiazole rings is 1. The average molecular weight is 441 g/mol. The number of anilines is 1. The van der Waals surface area contributed by atoms with Gasteiger partial charge in [0.15, 0.2) is 11.9 Å². The molecule has 0 unspecified atom stereocenters. The summed E-state index contributed by atoms with van der Waals surface area (Å²) in [6.45, 7) is 2.99. The van der Waals surface area contributed by atoms with Crippen LogP contribution in [0.25, 0.3) is 0 Å². The standard InChI is InChI=1S/C22H20N2O4S2/c1-14(25)16-7-9-17(10-8-16)24-21(26)15(2)28-22(27)19-5-3-4-6-20(19)30-12-18-11-29-13-23-18/h3-11,13,15H,12H2,1-2H3,(H,24,26)/t15-/m1/s1. The number of esters is 1. The molecule has 0 saturated carbocycles. The van der Waals surface area contributed by atoms with Crippen LogP contribution in [0, 0.1) is 0 Å². The van der Waals surface area contributed by atoms with Crippen LogP contribution >= 0.6 is 23.1 Å². The van der Waals surface area contributed by atoms with Gasteiger partial charge in [-0.2, -0.15) is 0 Å². The summed E-state index contributed by atoms with van der Waals surface area (Å²) < 4.78 is 5.38. The van der Waals surface area contributed by atoms with Crippen LogP contribution in [0.2, 0.25) is 0 Å². The summed E-state index contributed by atoms with van der Waals surface area (Å²) in [6, 6.07) is 13.6. The van der Waals surface area contributed by atoms with Crippen LogP contribution in [0.3, 0.4) is 0 Å². The van der Waals surface area contributed by atoms with Gasteiger partial charge in [-0.1, -0.05) is 12.1 Å². The molecular weight excluding hydrogens is 420 g/mol. The molecule has 3 rings (SSSR count). The molecule has 1 aromatic heterocycles. The average Bonchev–Trinajstić information content (AvgIpc) is 3.26. The molecule has 0 aliphatic carbocycles. The summed E-state index contributed by atoms with van der Waals surface area (Å²) in [5, 5.41) is 4.64. The fourth-order valence-corrected chi connectivity index (χ4v) is 4.14. The van der Waals surface area contributed by atoms with E-state index in [1.54, 1.807) is 41.9 Å². The SMILES string of the molecule is CC(=O)c1ccc(NC(=O)[C@@H](C)OC(=O)c2ccccc2SCc2cscn2)cc1. The molecule has 0 aliphatic heterocycles. The van der Waals surface area contributed by atoms with Gasteiger partial charge in [0.1, 0.15) is 0 Å². The summed E-state index contributed by atoms with van der Waals surface area (Å²) in [5.74, 6) is -0.431. The van der Waals surface area contributed by atoms with Gasteiger partial charge in [0.2, 0.25) is 0 Å². The minimum absolute atomic E-state index is 0.0542. The van der Waals surface area contributed by atoms with Gasteiger partial charge in [-0.05, 0) is 50.2 Å². The van der Waals surface area contributed by atoms with Gasteiger partial charge in [0.25, 0.3) is 5.91 Å². The van der Waals surface area contributed by atoms with E-state index in [2.05, 4.69) is 10.3 Å². The molecule has 0 radical (unpaired) electrons. The largest absolute Gasteiger partial charge is 0.449 e. The molecule has 0 saturated heterocycles. The molecule has 1 atom stereocenters. The van der Waals surface area contributed by atoms with Crippen LogP contribution in [0.4, 0.5) is 5.69 Å². The van der Waals surface area contributed by atoms with E-state index in [9.17, 15) is 14.4 Å². The summed E-state index contributed by atoms with van der Waals surface area (Å²) in [7, 11) is 0. The molecule has 8 heteroatoms. The van der Waals surface area contributed by atoms with Crippen molar-refractivity contribution in [3.05, 3.63) is 76.2 Å². The van der Waals surface area contributed by atoms with Crippen molar-refractivity contribution in [1.29, 1.82) is 0 Å². The first kappa shape index (κ1) is 21.7. The van der Waals surface area contributed by atoms with E-state index >= 15 is 0 Å². The fourth-order valence-electron chi connectivity index (χ4n) is 2.53. The van der Waals surface area contributed by atoms with Gasteiger partial charge in [-0.3, -0.25) is 9.59 Å². The Morgan fingerprint density at radius 1 is 1.13 bits per heavy atom.